The third kappa shape index (κ3) is 2.37. The quantitative estimate of drug-likeness (QED) is 0.654. The average Bonchev–Trinajstić information content (AvgIpc) is 3.43. The average molecular weight is 403 g/mol. The Morgan fingerprint density at radius 1 is 1.17 bits per heavy atom. The molecule has 3 aliphatic rings. The molecule has 8 heteroatoms. The van der Waals surface area contributed by atoms with E-state index in [1.54, 1.807) is 23.5 Å². The number of rotatable bonds is 2. The lowest BCUT2D eigenvalue weighted by molar-refractivity contribution is -0.179. The van der Waals surface area contributed by atoms with Crippen LogP contribution in [0.1, 0.15) is 29.6 Å². The lowest BCUT2D eigenvalue weighted by Gasteiger charge is -2.42. The van der Waals surface area contributed by atoms with Gasteiger partial charge in [0.2, 0.25) is 5.91 Å². The van der Waals surface area contributed by atoms with E-state index in [0.29, 0.717) is 49.3 Å². The van der Waals surface area contributed by atoms with E-state index >= 15 is 0 Å². The number of carbonyl (C=O) groups is 2. The molecule has 0 radical (unpaired) electrons. The van der Waals surface area contributed by atoms with Crippen LogP contribution in [0.5, 0.6) is 0 Å². The van der Waals surface area contributed by atoms with Crippen LogP contribution >= 0.6 is 0 Å². The van der Waals surface area contributed by atoms with Crippen LogP contribution in [0.3, 0.4) is 0 Å². The number of imidazole rings is 1. The van der Waals surface area contributed by atoms with E-state index in [1.165, 1.54) is 0 Å². The van der Waals surface area contributed by atoms with Gasteiger partial charge < -0.3 is 14.5 Å². The van der Waals surface area contributed by atoms with Crippen molar-refractivity contribution < 1.29 is 14.3 Å². The minimum atomic E-state index is -0.641. The van der Waals surface area contributed by atoms with E-state index < -0.39 is 5.72 Å². The van der Waals surface area contributed by atoms with E-state index in [1.807, 2.05) is 39.8 Å². The number of nitrogens with zero attached hydrogens (tertiary/aromatic N) is 5. The maximum atomic E-state index is 13.4. The molecule has 5 heterocycles. The Labute approximate surface area is 173 Å². The van der Waals surface area contributed by atoms with Crippen molar-refractivity contribution in [1.82, 2.24) is 24.3 Å². The molecule has 2 amide bonds. The molecule has 152 valence electrons. The van der Waals surface area contributed by atoms with Crippen molar-refractivity contribution in [2.45, 2.75) is 31.0 Å². The molecule has 1 spiro atoms. The number of likely N-dealkylation sites (tertiary alicyclic amines) is 1. The molecular weight excluding hydrogens is 382 g/mol. The topological polar surface area (TPSA) is 80.6 Å². The fourth-order valence-corrected chi connectivity index (χ4v) is 5.15. The first-order chi connectivity index (χ1) is 14.7. The summed E-state index contributed by atoms with van der Waals surface area (Å²) in [4.78, 5) is 38.5. The first-order valence-corrected chi connectivity index (χ1v) is 10.3. The summed E-state index contributed by atoms with van der Waals surface area (Å²) >= 11 is 0. The van der Waals surface area contributed by atoms with E-state index in [9.17, 15) is 9.59 Å². The third-order valence-corrected chi connectivity index (χ3v) is 6.54. The van der Waals surface area contributed by atoms with Crippen molar-refractivity contribution in [2.24, 2.45) is 0 Å². The van der Waals surface area contributed by atoms with E-state index in [0.717, 1.165) is 12.1 Å². The minimum absolute atomic E-state index is 0.0763. The molecule has 8 nitrogen and oxygen atoms in total. The van der Waals surface area contributed by atoms with Crippen LogP contribution in [0.15, 0.2) is 48.9 Å². The highest BCUT2D eigenvalue weighted by Gasteiger charge is 2.61. The number of ether oxygens (including phenoxy) is 1. The molecule has 0 unspecified atom stereocenters. The van der Waals surface area contributed by atoms with Crippen LogP contribution in [0, 0.1) is 0 Å². The zero-order valence-corrected chi connectivity index (χ0v) is 16.4. The van der Waals surface area contributed by atoms with Crippen LogP contribution < -0.4 is 0 Å². The van der Waals surface area contributed by atoms with Crippen LogP contribution in [-0.4, -0.2) is 67.6 Å². The van der Waals surface area contributed by atoms with Crippen molar-refractivity contribution in [3.63, 3.8) is 0 Å². The molecule has 3 aliphatic heterocycles. The molecular formula is C22H21N5O3. The van der Waals surface area contributed by atoms with Gasteiger partial charge in [-0.3, -0.25) is 14.2 Å². The van der Waals surface area contributed by atoms with Crippen molar-refractivity contribution >= 4 is 23.0 Å². The van der Waals surface area contributed by atoms with Gasteiger partial charge in [0, 0.05) is 31.4 Å². The number of pyridine rings is 1. The Kier molecular flexibility index (Phi) is 3.73. The fourth-order valence-electron chi connectivity index (χ4n) is 5.15. The van der Waals surface area contributed by atoms with Gasteiger partial charge in [-0.15, -0.1) is 0 Å². The Hall–Kier alpha value is -3.26. The molecule has 0 aliphatic carbocycles. The molecule has 2 aromatic heterocycles. The Morgan fingerprint density at radius 3 is 2.90 bits per heavy atom. The van der Waals surface area contributed by atoms with Gasteiger partial charge in [0.25, 0.3) is 5.91 Å². The first kappa shape index (κ1) is 17.6. The number of para-hydroxylation sites is 1. The Morgan fingerprint density at radius 2 is 2.03 bits per heavy atom. The summed E-state index contributed by atoms with van der Waals surface area (Å²) in [5.41, 5.74) is 2.17. The summed E-state index contributed by atoms with van der Waals surface area (Å²) in [6.07, 6.45) is 5.15. The lowest BCUT2D eigenvalue weighted by atomic mass is 10.0. The standard InChI is InChI=1S/C22H21N5O3/c28-19-12-18-22(27(19)8-4-10-30-22)7-9-25(18)21(29)15-11-17-20(23-13-15)26(14-24-17)16-5-2-1-3-6-16/h1-3,5-6,11,13-14,18H,4,7-10,12H2/t18-,22+/m1/s1. The fraction of sp³-hybridized carbons (Fsp3) is 0.364. The van der Waals surface area contributed by atoms with Gasteiger partial charge in [-0.2, -0.15) is 0 Å². The summed E-state index contributed by atoms with van der Waals surface area (Å²) < 4.78 is 8.00. The lowest BCUT2D eigenvalue weighted by Crippen LogP contribution is -2.56. The number of hydrogen-bond donors (Lipinski definition) is 0. The molecule has 0 saturated carbocycles. The van der Waals surface area contributed by atoms with Crippen LogP contribution in [0.2, 0.25) is 0 Å². The Balaban J connectivity index is 1.32. The van der Waals surface area contributed by atoms with Gasteiger partial charge in [-0.1, -0.05) is 18.2 Å². The summed E-state index contributed by atoms with van der Waals surface area (Å²) in [6, 6.07) is 11.4. The van der Waals surface area contributed by atoms with Gasteiger partial charge in [0.05, 0.1) is 24.6 Å². The predicted octanol–water partition coefficient (Wildman–Crippen LogP) is 1.98. The number of benzene rings is 1. The van der Waals surface area contributed by atoms with E-state index in [2.05, 4.69) is 9.97 Å². The maximum Gasteiger partial charge on any atom is 0.255 e. The van der Waals surface area contributed by atoms with E-state index in [4.69, 9.17) is 4.74 Å². The summed E-state index contributed by atoms with van der Waals surface area (Å²) in [7, 11) is 0. The molecule has 6 rings (SSSR count). The SMILES string of the molecule is O=C(c1cnc2c(c1)ncn2-c1ccccc1)N1CC[C@@]23OCCCN2C(=O)C[C@@H]13. The summed E-state index contributed by atoms with van der Waals surface area (Å²) in [5, 5.41) is 0. The molecule has 3 aromatic rings. The van der Waals surface area contributed by atoms with Crippen molar-refractivity contribution in [3.05, 3.63) is 54.5 Å². The second kappa shape index (κ2) is 6.37. The first-order valence-electron chi connectivity index (χ1n) is 10.3. The molecule has 0 N–H and O–H groups in total. The minimum Gasteiger partial charge on any atom is -0.353 e. The highest BCUT2D eigenvalue weighted by atomic mass is 16.5. The smallest absolute Gasteiger partial charge is 0.255 e. The normalized spacial score (nSPS) is 25.6. The predicted molar refractivity (Wildman–Crippen MR) is 108 cm³/mol. The van der Waals surface area contributed by atoms with Gasteiger partial charge in [0.1, 0.15) is 11.8 Å². The zero-order chi connectivity index (χ0) is 20.3. The second-order valence-corrected chi connectivity index (χ2v) is 8.08. The highest BCUT2D eigenvalue weighted by molar-refractivity contribution is 5.97. The summed E-state index contributed by atoms with van der Waals surface area (Å²) in [6.45, 7) is 1.91. The second-order valence-electron chi connectivity index (χ2n) is 8.08. The Bertz CT molecular complexity index is 1160. The summed E-state index contributed by atoms with van der Waals surface area (Å²) in [5.74, 6) is -0.0447. The van der Waals surface area contributed by atoms with Crippen LogP contribution in [0.4, 0.5) is 0 Å². The van der Waals surface area contributed by atoms with Gasteiger partial charge in [0.15, 0.2) is 11.4 Å². The van der Waals surface area contributed by atoms with Gasteiger partial charge in [-0.25, -0.2) is 9.97 Å². The number of carbonyl (C=O) groups excluding carboxylic acids is 2. The van der Waals surface area contributed by atoms with Crippen LogP contribution in [-0.2, 0) is 9.53 Å². The monoisotopic (exact) mass is 403 g/mol. The van der Waals surface area contributed by atoms with Gasteiger partial charge >= 0.3 is 0 Å². The third-order valence-electron chi connectivity index (χ3n) is 6.54. The van der Waals surface area contributed by atoms with Crippen molar-refractivity contribution in [3.8, 4) is 5.69 Å². The maximum absolute atomic E-state index is 13.4. The molecule has 2 atom stereocenters. The van der Waals surface area contributed by atoms with E-state index in [-0.39, 0.29) is 17.9 Å². The van der Waals surface area contributed by atoms with Crippen molar-refractivity contribution in [2.75, 3.05) is 19.7 Å². The number of hydrogen-bond acceptors (Lipinski definition) is 5. The molecule has 3 saturated heterocycles. The number of fused-ring (bicyclic) bond motifs is 1. The van der Waals surface area contributed by atoms with Crippen LogP contribution in [0.25, 0.3) is 16.9 Å². The highest BCUT2D eigenvalue weighted by Crippen LogP contribution is 2.45. The van der Waals surface area contributed by atoms with Crippen molar-refractivity contribution in [1.29, 1.82) is 0 Å². The molecule has 1 aromatic carbocycles. The number of amides is 2. The molecule has 30 heavy (non-hydrogen) atoms. The number of aromatic nitrogens is 3. The zero-order valence-electron chi connectivity index (χ0n) is 16.4. The largest absolute Gasteiger partial charge is 0.353 e. The molecule has 3 fully saturated rings. The van der Waals surface area contributed by atoms with Gasteiger partial charge in [-0.05, 0) is 24.6 Å². The molecule has 0 bridgehead atoms.